The Hall–Kier alpha value is -2.65. The highest BCUT2D eigenvalue weighted by Gasteiger charge is 2.18. The molecule has 1 atom stereocenters. The molecule has 1 unspecified atom stereocenters. The summed E-state index contributed by atoms with van der Waals surface area (Å²) in [7, 11) is 0. The minimum absolute atomic E-state index is 0.0999. The monoisotopic (exact) mass is 550 g/mol. The molecule has 3 aromatic rings. The minimum atomic E-state index is -0.516. The van der Waals surface area contributed by atoms with Crippen LogP contribution in [-0.4, -0.2) is 10.8 Å². The number of hydrogen-bond acceptors (Lipinski definition) is 5. The van der Waals surface area contributed by atoms with Crippen molar-refractivity contribution in [3.8, 4) is 5.75 Å². The second kappa shape index (κ2) is 10.1. The summed E-state index contributed by atoms with van der Waals surface area (Å²) in [5.74, 6) is 1.32. The smallest absolute Gasteiger partial charge is 0.291 e. The van der Waals surface area contributed by atoms with Crippen molar-refractivity contribution in [1.29, 1.82) is 0 Å². The van der Waals surface area contributed by atoms with Gasteiger partial charge in [-0.1, -0.05) is 26.0 Å². The SMILES string of the molecule is CCC(C)c1ccc(OCc2ccc(C(=O)Nc3c(Br)cc([N+](=O)[O-])cc3Br)o2)cc1. The first-order valence-electron chi connectivity index (χ1n) is 9.54. The van der Waals surface area contributed by atoms with Gasteiger partial charge in [-0.05, 0) is 74.0 Å². The quantitative estimate of drug-likeness (QED) is 0.239. The van der Waals surface area contributed by atoms with E-state index in [1.165, 1.54) is 17.7 Å². The van der Waals surface area contributed by atoms with Crippen LogP contribution >= 0.6 is 31.9 Å². The van der Waals surface area contributed by atoms with E-state index in [2.05, 4.69) is 51.0 Å². The van der Waals surface area contributed by atoms with Gasteiger partial charge in [-0.25, -0.2) is 0 Å². The molecule has 0 aliphatic heterocycles. The van der Waals surface area contributed by atoms with E-state index in [1.54, 1.807) is 12.1 Å². The fourth-order valence-corrected chi connectivity index (χ4v) is 4.18. The maximum Gasteiger partial charge on any atom is 0.291 e. The van der Waals surface area contributed by atoms with Crippen molar-refractivity contribution in [2.45, 2.75) is 32.8 Å². The molecule has 31 heavy (non-hydrogen) atoms. The summed E-state index contributed by atoms with van der Waals surface area (Å²) in [4.78, 5) is 23.0. The zero-order valence-electron chi connectivity index (χ0n) is 16.9. The topological polar surface area (TPSA) is 94.6 Å². The van der Waals surface area contributed by atoms with Gasteiger partial charge in [0.2, 0.25) is 0 Å². The number of furan rings is 1. The molecule has 1 heterocycles. The second-order valence-electron chi connectivity index (χ2n) is 6.93. The lowest BCUT2D eigenvalue weighted by Gasteiger charge is -2.10. The van der Waals surface area contributed by atoms with Gasteiger partial charge in [0, 0.05) is 21.1 Å². The predicted octanol–water partition coefficient (Wildman–Crippen LogP) is 7.06. The number of nitrogens with zero attached hydrogens (tertiary/aromatic N) is 1. The Morgan fingerprint density at radius 3 is 2.39 bits per heavy atom. The Morgan fingerprint density at radius 2 is 1.81 bits per heavy atom. The molecule has 0 bridgehead atoms. The highest BCUT2D eigenvalue weighted by atomic mass is 79.9. The largest absolute Gasteiger partial charge is 0.486 e. The van der Waals surface area contributed by atoms with Gasteiger partial charge >= 0.3 is 0 Å². The van der Waals surface area contributed by atoms with Crippen LogP contribution in [0, 0.1) is 10.1 Å². The molecule has 0 fully saturated rings. The molecule has 2 aromatic carbocycles. The second-order valence-corrected chi connectivity index (χ2v) is 8.64. The van der Waals surface area contributed by atoms with E-state index in [4.69, 9.17) is 9.15 Å². The number of nitrogens with one attached hydrogen (secondary N) is 1. The third-order valence-corrected chi connectivity index (χ3v) is 6.06. The lowest BCUT2D eigenvalue weighted by atomic mass is 9.99. The number of benzene rings is 2. The number of halogens is 2. The third-order valence-electron chi connectivity index (χ3n) is 4.80. The molecular weight excluding hydrogens is 532 g/mol. The zero-order chi connectivity index (χ0) is 22.5. The molecule has 1 N–H and O–H groups in total. The van der Waals surface area contributed by atoms with Gasteiger partial charge in [-0.2, -0.15) is 0 Å². The summed E-state index contributed by atoms with van der Waals surface area (Å²) < 4.78 is 12.1. The van der Waals surface area contributed by atoms with Crippen LogP contribution in [0.15, 0.2) is 61.9 Å². The molecule has 162 valence electrons. The fraction of sp³-hybridized carbons (Fsp3) is 0.227. The zero-order valence-corrected chi connectivity index (χ0v) is 20.0. The molecule has 1 aromatic heterocycles. The molecule has 9 heteroatoms. The molecule has 0 aliphatic rings. The van der Waals surface area contributed by atoms with Crippen LogP contribution in [-0.2, 0) is 6.61 Å². The highest BCUT2D eigenvalue weighted by molar-refractivity contribution is 9.11. The number of amides is 1. The van der Waals surface area contributed by atoms with Crippen LogP contribution < -0.4 is 10.1 Å². The van der Waals surface area contributed by atoms with Crippen LogP contribution in [0.25, 0.3) is 0 Å². The minimum Gasteiger partial charge on any atom is -0.486 e. The number of hydrogen-bond donors (Lipinski definition) is 1. The summed E-state index contributed by atoms with van der Waals surface area (Å²) in [6.07, 6.45) is 1.07. The number of rotatable bonds is 8. The van der Waals surface area contributed by atoms with Crippen LogP contribution in [0.4, 0.5) is 11.4 Å². The van der Waals surface area contributed by atoms with Gasteiger partial charge in [-0.15, -0.1) is 0 Å². The van der Waals surface area contributed by atoms with Crippen LogP contribution in [0.3, 0.4) is 0 Å². The van der Waals surface area contributed by atoms with E-state index in [-0.39, 0.29) is 18.1 Å². The van der Waals surface area contributed by atoms with Crippen molar-refractivity contribution in [3.63, 3.8) is 0 Å². The molecule has 3 rings (SSSR count). The fourth-order valence-electron chi connectivity index (χ4n) is 2.82. The maximum absolute atomic E-state index is 12.5. The summed E-state index contributed by atoms with van der Waals surface area (Å²) >= 11 is 6.48. The number of anilines is 1. The Bertz CT molecular complexity index is 1070. The summed E-state index contributed by atoms with van der Waals surface area (Å²) in [6.45, 7) is 4.51. The first kappa shape index (κ1) is 23.0. The van der Waals surface area contributed by atoms with E-state index in [0.717, 1.165) is 6.42 Å². The van der Waals surface area contributed by atoms with Gasteiger partial charge in [-0.3, -0.25) is 14.9 Å². The Labute approximate surface area is 196 Å². The van der Waals surface area contributed by atoms with Gasteiger partial charge in [0.05, 0.1) is 10.6 Å². The Kier molecular flexibility index (Phi) is 7.50. The van der Waals surface area contributed by atoms with Gasteiger partial charge in [0.15, 0.2) is 5.76 Å². The van der Waals surface area contributed by atoms with Crippen molar-refractivity contribution in [1.82, 2.24) is 0 Å². The third kappa shape index (κ3) is 5.74. The average molecular weight is 552 g/mol. The first-order chi connectivity index (χ1) is 14.8. The molecule has 0 saturated heterocycles. The predicted molar refractivity (Wildman–Crippen MR) is 125 cm³/mol. The maximum atomic E-state index is 12.5. The van der Waals surface area contributed by atoms with Crippen molar-refractivity contribution < 1.29 is 18.9 Å². The molecule has 0 aliphatic carbocycles. The summed E-state index contributed by atoms with van der Waals surface area (Å²) in [5.41, 5.74) is 1.52. The van der Waals surface area contributed by atoms with E-state index < -0.39 is 10.8 Å². The summed E-state index contributed by atoms with van der Waals surface area (Å²) in [5, 5.41) is 13.6. The molecule has 1 amide bonds. The first-order valence-corrected chi connectivity index (χ1v) is 11.1. The van der Waals surface area contributed by atoms with E-state index in [9.17, 15) is 14.9 Å². The van der Waals surface area contributed by atoms with E-state index in [1.807, 2.05) is 24.3 Å². The molecule has 0 spiro atoms. The van der Waals surface area contributed by atoms with Crippen molar-refractivity contribution >= 4 is 49.1 Å². The Balaban J connectivity index is 1.63. The number of carbonyl (C=O) groups is 1. The Morgan fingerprint density at radius 1 is 1.16 bits per heavy atom. The van der Waals surface area contributed by atoms with Gasteiger partial charge < -0.3 is 14.5 Å². The van der Waals surface area contributed by atoms with Crippen LogP contribution in [0.5, 0.6) is 5.75 Å². The van der Waals surface area contributed by atoms with Crippen LogP contribution in [0.1, 0.15) is 48.1 Å². The molecule has 0 saturated carbocycles. The lowest BCUT2D eigenvalue weighted by Crippen LogP contribution is -2.12. The van der Waals surface area contributed by atoms with E-state index >= 15 is 0 Å². The van der Waals surface area contributed by atoms with Crippen molar-refractivity contribution in [2.24, 2.45) is 0 Å². The summed E-state index contributed by atoms with van der Waals surface area (Å²) in [6, 6.07) is 13.8. The number of ether oxygens (including phenoxy) is 1. The number of nitro groups is 1. The lowest BCUT2D eigenvalue weighted by molar-refractivity contribution is -0.385. The normalized spacial score (nSPS) is 11.7. The highest BCUT2D eigenvalue weighted by Crippen LogP contribution is 2.35. The molecule has 0 radical (unpaired) electrons. The number of non-ortho nitro benzene ring substituents is 1. The van der Waals surface area contributed by atoms with Crippen LogP contribution in [0.2, 0.25) is 0 Å². The molecular formula is C22H20Br2N2O5. The number of nitro benzene ring substituents is 1. The van der Waals surface area contributed by atoms with Crippen molar-refractivity contribution in [2.75, 3.05) is 5.32 Å². The standard InChI is InChI=1S/C22H20Br2N2O5/c1-3-13(2)14-4-6-16(7-5-14)30-12-17-8-9-20(31-17)22(27)25-21-18(23)10-15(26(28)29)11-19(21)24/h4-11,13H,3,12H2,1-2H3,(H,25,27). The van der Waals surface area contributed by atoms with Crippen molar-refractivity contribution in [3.05, 3.63) is 84.7 Å². The average Bonchev–Trinajstić information content (AvgIpc) is 3.23. The molecule has 7 nitrogen and oxygen atoms in total. The van der Waals surface area contributed by atoms with E-state index in [0.29, 0.717) is 32.1 Å². The van der Waals surface area contributed by atoms with Gasteiger partial charge in [0.25, 0.3) is 11.6 Å². The number of carbonyl (C=O) groups excluding carboxylic acids is 1. The van der Waals surface area contributed by atoms with Gasteiger partial charge in [0.1, 0.15) is 18.1 Å².